The molecule has 3 saturated heterocycles. The van der Waals surface area contributed by atoms with Crippen molar-refractivity contribution in [2.24, 2.45) is 5.92 Å². The summed E-state index contributed by atoms with van der Waals surface area (Å²) in [4.78, 5) is 92.4. The third kappa shape index (κ3) is 8.65. The summed E-state index contributed by atoms with van der Waals surface area (Å²) in [6, 6.07) is 11.1. The number of aromatic nitrogens is 4. The Morgan fingerprint density at radius 1 is 0.910 bits per heavy atom. The van der Waals surface area contributed by atoms with Crippen LogP contribution in [0.2, 0.25) is 10.0 Å². The van der Waals surface area contributed by atoms with Crippen molar-refractivity contribution < 1.29 is 38.2 Å². The average molecular weight is 949 g/mol. The maximum Gasteiger partial charge on any atom is 0.262 e. The van der Waals surface area contributed by atoms with Gasteiger partial charge in [0.15, 0.2) is 11.5 Å². The Morgan fingerprint density at radius 3 is 2.34 bits per heavy atom. The molecule has 5 aromatic rings. The van der Waals surface area contributed by atoms with Crippen molar-refractivity contribution in [1.29, 1.82) is 5.26 Å². The van der Waals surface area contributed by atoms with Crippen LogP contribution in [-0.4, -0.2) is 129 Å². The maximum absolute atomic E-state index is 13.7. The summed E-state index contributed by atoms with van der Waals surface area (Å²) in [7, 11) is 1.54. The van der Waals surface area contributed by atoms with Crippen LogP contribution < -0.4 is 25.0 Å². The number of amides is 6. The van der Waals surface area contributed by atoms with Crippen LogP contribution in [0.3, 0.4) is 0 Å². The van der Waals surface area contributed by atoms with Crippen LogP contribution in [0.4, 0.5) is 11.5 Å². The monoisotopic (exact) mass is 947 g/mol. The molecule has 0 radical (unpaired) electrons. The lowest BCUT2D eigenvalue weighted by atomic mass is 9.95. The van der Waals surface area contributed by atoms with E-state index < -0.39 is 35.8 Å². The molecule has 19 nitrogen and oxygen atoms in total. The van der Waals surface area contributed by atoms with Gasteiger partial charge in [0.05, 0.1) is 45.9 Å². The van der Waals surface area contributed by atoms with Crippen molar-refractivity contribution in [1.82, 2.24) is 40.2 Å². The summed E-state index contributed by atoms with van der Waals surface area (Å²) in [5.41, 5.74) is 3.50. The minimum absolute atomic E-state index is 0.0219. The van der Waals surface area contributed by atoms with Crippen LogP contribution in [0.1, 0.15) is 70.6 Å². The number of fused-ring (bicyclic) bond motifs is 2. The first kappa shape index (κ1) is 44.9. The normalized spacial score (nSPS) is 18.2. The highest BCUT2D eigenvalue weighted by molar-refractivity contribution is 6.35. The minimum Gasteiger partial charge on any atom is -0.493 e. The standard InChI is InChI=1S/C46H43Cl2N11O8/c1-24(40-32(47)21-50-22-33(40)48)67-37-17-31-34(18-36(37)66-2)54-55-41(31)27-15-26(19-49)42(52-20-27)57-11-13-58(14-12-57)44(63)25-7-9-56(10-8-25)39(61)23-51-28-3-4-29-30(16-28)46(65)59(45(29)64)35-5-6-38(60)53-43(35)62/h3-4,15-18,20-22,24-25,35,51H,5-14,23H2,1-2H3,(H,54,55)(H,53,60,62)/t24-,35?/m1/s1. The Morgan fingerprint density at radius 2 is 1.64 bits per heavy atom. The van der Waals surface area contributed by atoms with Crippen molar-refractivity contribution in [3.05, 3.63) is 87.3 Å². The van der Waals surface area contributed by atoms with E-state index in [2.05, 4.69) is 31.9 Å². The van der Waals surface area contributed by atoms with Crippen LogP contribution in [0.15, 0.2) is 55.0 Å². The van der Waals surface area contributed by atoms with Gasteiger partial charge in [0.25, 0.3) is 11.8 Å². The molecule has 3 fully saturated rings. The number of carbonyl (C=O) groups is 6. The Hall–Kier alpha value is -7.30. The maximum atomic E-state index is 13.7. The number of pyridine rings is 2. The number of halogens is 2. The predicted octanol–water partition coefficient (Wildman–Crippen LogP) is 4.75. The minimum atomic E-state index is -1.07. The molecule has 3 aromatic heterocycles. The van der Waals surface area contributed by atoms with E-state index >= 15 is 0 Å². The second-order valence-corrected chi connectivity index (χ2v) is 17.4. The Bertz CT molecular complexity index is 2880. The van der Waals surface area contributed by atoms with Crippen LogP contribution in [-0.2, 0) is 19.2 Å². The third-order valence-electron chi connectivity index (χ3n) is 12.7. The number of benzene rings is 2. The van der Waals surface area contributed by atoms with Gasteiger partial charge in [-0.2, -0.15) is 10.4 Å². The summed E-state index contributed by atoms with van der Waals surface area (Å²) in [6.07, 6.45) is 5.21. The molecule has 4 aliphatic rings. The fourth-order valence-electron chi connectivity index (χ4n) is 9.12. The Kier molecular flexibility index (Phi) is 12.4. The van der Waals surface area contributed by atoms with Crippen molar-refractivity contribution in [3.63, 3.8) is 0 Å². The number of aromatic amines is 1. The number of carbonyl (C=O) groups excluding carboxylic acids is 6. The number of nitrogens with one attached hydrogen (secondary N) is 3. The summed E-state index contributed by atoms with van der Waals surface area (Å²) in [5.74, 6) is -1.37. The second-order valence-electron chi connectivity index (χ2n) is 16.6. The molecule has 4 aliphatic heterocycles. The molecule has 7 heterocycles. The SMILES string of the molecule is COc1cc2[nH]nc(-c3cnc(N4CCN(C(=O)C5CCN(C(=O)CNc6ccc7c(c6)C(=O)N(C6CCC(=O)NC6=O)C7=O)CC5)CC4)c(C#N)c3)c2cc1O[C@H](C)c1c(Cl)cncc1Cl. The number of imide groups is 2. The van der Waals surface area contributed by atoms with Gasteiger partial charge in [-0.15, -0.1) is 0 Å². The number of methoxy groups -OCH3 is 1. The van der Waals surface area contributed by atoms with E-state index in [1.165, 1.54) is 31.6 Å². The Balaban J connectivity index is 0.776. The van der Waals surface area contributed by atoms with Gasteiger partial charge in [0.1, 0.15) is 29.7 Å². The highest BCUT2D eigenvalue weighted by Crippen LogP contribution is 2.40. The number of piperidine rings is 2. The van der Waals surface area contributed by atoms with Gasteiger partial charge in [-0.25, -0.2) is 4.98 Å². The van der Waals surface area contributed by atoms with Crippen LogP contribution in [0.25, 0.3) is 22.2 Å². The van der Waals surface area contributed by atoms with Crippen molar-refractivity contribution in [2.45, 2.75) is 44.8 Å². The van der Waals surface area contributed by atoms with Gasteiger partial charge in [-0.1, -0.05) is 23.2 Å². The Labute approximate surface area is 393 Å². The first-order valence-electron chi connectivity index (χ1n) is 21.7. The molecular formula is C46H43Cl2N11O8. The number of likely N-dealkylation sites (tertiary alicyclic amines) is 1. The lowest BCUT2D eigenvalue weighted by molar-refractivity contribution is -0.140. The summed E-state index contributed by atoms with van der Waals surface area (Å²) in [6.45, 7) is 4.39. The number of nitrogens with zero attached hydrogens (tertiary/aromatic N) is 8. The van der Waals surface area contributed by atoms with Crippen LogP contribution in [0.5, 0.6) is 11.5 Å². The zero-order valence-corrected chi connectivity index (χ0v) is 37.8. The van der Waals surface area contributed by atoms with Gasteiger partial charge < -0.3 is 29.5 Å². The van der Waals surface area contributed by atoms with Gasteiger partial charge >= 0.3 is 0 Å². The van der Waals surface area contributed by atoms with Gasteiger partial charge in [-0.05, 0) is 56.5 Å². The largest absolute Gasteiger partial charge is 0.493 e. The molecule has 21 heteroatoms. The third-order valence-corrected chi connectivity index (χ3v) is 13.3. The number of piperazine rings is 1. The zero-order chi connectivity index (χ0) is 47.1. The molecule has 0 aliphatic carbocycles. The van der Waals surface area contributed by atoms with Crippen molar-refractivity contribution in [3.8, 4) is 28.8 Å². The van der Waals surface area contributed by atoms with Gasteiger partial charge in [-0.3, -0.25) is 49.1 Å². The quantitative estimate of drug-likeness (QED) is 0.152. The van der Waals surface area contributed by atoms with Crippen LogP contribution >= 0.6 is 23.2 Å². The second kappa shape index (κ2) is 18.5. The smallest absolute Gasteiger partial charge is 0.262 e. The number of ether oxygens (including phenoxy) is 2. The van der Waals surface area contributed by atoms with Crippen LogP contribution in [0, 0.1) is 17.2 Å². The average Bonchev–Trinajstić information content (AvgIpc) is 3.86. The number of anilines is 2. The summed E-state index contributed by atoms with van der Waals surface area (Å²) in [5, 5.41) is 24.5. The van der Waals surface area contributed by atoms with E-state index in [0.29, 0.717) is 118 Å². The fourth-order valence-corrected chi connectivity index (χ4v) is 9.79. The molecular weight excluding hydrogens is 905 g/mol. The zero-order valence-electron chi connectivity index (χ0n) is 36.3. The molecule has 6 amide bonds. The number of hydrogen-bond acceptors (Lipinski definition) is 14. The molecule has 9 rings (SSSR count). The van der Waals surface area contributed by atoms with E-state index in [4.69, 9.17) is 37.7 Å². The van der Waals surface area contributed by atoms with E-state index in [9.17, 15) is 34.0 Å². The molecule has 3 N–H and O–H groups in total. The molecule has 0 saturated carbocycles. The lowest BCUT2D eigenvalue weighted by Crippen LogP contribution is -2.54. The summed E-state index contributed by atoms with van der Waals surface area (Å²) >= 11 is 12.8. The highest BCUT2D eigenvalue weighted by Gasteiger charge is 2.45. The van der Waals surface area contributed by atoms with E-state index in [0.717, 1.165) is 4.90 Å². The van der Waals surface area contributed by atoms with Crippen molar-refractivity contribution >= 4 is 81.1 Å². The number of H-pyrrole nitrogens is 1. The first-order chi connectivity index (χ1) is 32.3. The first-order valence-corrected chi connectivity index (χ1v) is 22.4. The highest BCUT2D eigenvalue weighted by atomic mass is 35.5. The number of hydrogen-bond donors (Lipinski definition) is 3. The molecule has 0 spiro atoms. The fraction of sp³-hybridized carbons (Fsp3) is 0.348. The van der Waals surface area contributed by atoms with E-state index in [-0.39, 0.29) is 48.2 Å². The van der Waals surface area contributed by atoms with Crippen molar-refractivity contribution in [2.75, 3.05) is 63.1 Å². The van der Waals surface area contributed by atoms with Gasteiger partial charge in [0.2, 0.25) is 23.6 Å². The number of nitriles is 1. The summed E-state index contributed by atoms with van der Waals surface area (Å²) < 4.78 is 11.9. The van der Waals surface area contributed by atoms with E-state index in [1.54, 1.807) is 35.4 Å². The topological polar surface area (TPSA) is 236 Å². The predicted molar refractivity (Wildman–Crippen MR) is 244 cm³/mol. The molecule has 0 bridgehead atoms. The number of rotatable bonds is 11. The van der Waals surface area contributed by atoms with E-state index in [1.807, 2.05) is 16.7 Å². The molecule has 2 atom stereocenters. The molecule has 344 valence electrons. The molecule has 2 aromatic carbocycles. The lowest BCUT2D eigenvalue weighted by Gasteiger charge is -2.39. The molecule has 1 unspecified atom stereocenters. The van der Waals surface area contributed by atoms with Gasteiger partial charge in [0, 0.05) is 98.5 Å². The molecule has 67 heavy (non-hydrogen) atoms.